The van der Waals surface area contributed by atoms with Crippen molar-refractivity contribution >= 4 is 67.4 Å². The van der Waals surface area contributed by atoms with Gasteiger partial charge in [-0.2, -0.15) is 0 Å². The van der Waals surface area contributed by atoms with Gasteiger partial charge in [-0.25, -0.2) is 14.6 Å². The second-order valence-corrected chi connectivity index (χ2v) is 9.31. The van der Waals surface area contributed by atoms with Crippen LogP contribution in [-0.2, 0) is 9.53 Å². The van der Waals surface area contributed by atoms with Crippen LogP contribution in [0, 0.1) is 0 Å². The van der Waals surface area contributed by atoms with Crippen LogP contribution in [0.25, 0.3) is 6.08 Å². The SMILES string of the molecule is COc1ccc(C(=O)Oc2c(Br)cc(Br)cc2/C=C2\N=C(c3cc(Cl)ccc3OC)OC2=O)cc1. The lowest BCUT2D eigenvalue weighted by Gasteiger charge is -2.11. The number of hydrogen-bond donors (Lipinski definition) is 0. The Hall–Kier alpha value is -3.14. The molecule has 0 bridgehead atoms. The Bertz CT molecular complexity index is 1390. The average Bonchev–Trinajstić information content (AvgIpc) is 3.21. The molecule has 0 amide bonds. The zero-order valence-electron chi connectivity index (χ0n) is 18.3. The van der Waals surface area contributed by atoms with Gasteiger partial charge in [-0.1, -0.05) is 27.5 Å². The highest BCUT2D eigenvalue weighted by molar-refractivity contribution is 9.11. The second kappa shape index (κ2) is 10.6. The zero-order valence-corrected chi connectivity index (χ0v) is 22.2. The molecule has 0 N–H and O–H groups in total. The fourth-order valence-corrected chi connectivity index (χ4v) is 4.70. The molecule has 1 heterocycles. The molecule has 0 radical (unpaired) electrons. The summed E-state index contributed by atoms with van der Waals surface area (Å²) in [5.41, 5.74) is 1.18. The summed E-state index contributed by atoms with van der Waals surface area (Å²) in [7, 11) is 3.03. The van der Waals surface area contributed by atoms with Crippen LogP contribution in [0.4, 0.5) is 0 Å². The van der Waals surface area contributed by atoms with Crippen molar-refractivity contribution in [3.63, 3.8) is 0 Å². The van der Waals surface area contributed by atoms with Gasteiger partial charge in [0.1, 0.15) is 11.5 Å². The summed E-state index contributed by atoms with van der Waals surface area (Å²) >= 11 is 12.9. The van der Waals surface area contributed by atoms with Crippen molar-refractivity contribution in [2.75, 3.05) is 14.2 Å². The van der Waals surface area contributed by atoms with Crippen molar-refractivity contribution < 1.29 is 28.5 Å². The molecule has 0 unspecified atom stereocenters. The molecule has 0 atom stereocenters. The lowest BCUT2D eigenvalue weighted by molar-refractivity contribution is -0.129. The van der Waals surface area contributed by atoms with E-state index in [1.54, 1.807) is 54.6 Å². The lowest BCUT2D eigenvalue weighted by Crippen LogP contribution is -2.10. The topological polar surface area (TPSA) is 83.4 Å². The van der Waals surface area contributed by atoms with Crippen LogP contribution in [0.1, 0.15) is 21.5 Å². The molecule has 178 valence electrons. The van der Waals surface area contributed by atoms with Crippen molar-refractivity contribution in [3.05, 3.63) is 91.0 Å². The number of hydrogen-bond acceptors (Lipinski definition) is 7. The van der Waals surface area contributed by atoms with Crippen molar-refractivity contribution in [3.8, 4) is 17.2 Å². The third-order valence-electron chi connectivity index (χ3n) is 4.86. The Balaban J connectivity index is 1.71. The first-order chi connectivity index (χ1) is 16.8. The Morgan fingerprint density at radius 1 is 1.03 bits per heavy atom. The van der Waals surface area contributed by atoms with Crippen LogP contribution in [0.3, 0.4) is 0 Å². The smallest absolute Gasteiger partial charge is 0.363 e. The Labute approximate surface area is 222 Å². The quantitative estimate of drug-likeness (QED) is 0.179. The second-order valence-electron chi connectivity index (χ2n) is 7.10. The van der Waals surface area contributed by atoms with Crippen LogP contribution in [-0.4, -0.2) is 32.1 Å². The zero-order chi connectivity index (χ0) is 25.1. The number of carbonyl (C=O) groups excluding carboxylic acids is 2. The molecule has 0 aliphatic carbocycles. The van der Waals surface area contributed by atoms with Crippen molar-refractivity contribution in [2.24, 2.45) is 4.99 Å². The van der Waals surface area contributed by atoms with Crippen molar-refractivity contribution in [1.29, 1.82) is 0 Å². The minimum atomic E-state index is -0.675. The molecule has 3 aromatic rings. The van der Waals surface area contributed by atoms with Gasteiger partial charge in [-0.15, -0.1) is 0 Å². The fourth-order valence-electron chi connectivity index (χ4n) is 3.19. The van der Waals surface area contributed by atoms with Crippen LogP contribution in [0.15, 0.2) is 74.2 Å². The highest BCUT2D eigenvalue weighted by Crippen LogP contribution is 2.36. The first kappa shape index (κ1) is 25.0. The number of methoxy groups -OCH3 is 2. The van der Waals surface area contributed by atoms with E-state index in [0.717, 1.165) is 0 Å². The maximum atomic E-state index is 12.8. The predicted octanol–water partition coefficient (Wildman–Crippen LogP) is 6.45. The fraction of sp³-hybridized carbons (Fsp3) is 0.0800. The van der Waals surface area contributed by atoms with Gasteiger partial charge in [-0.3, -0.25) is 0 Å². The highest BCUT2D eigenvalue weighted by Gasteiger charge is 2.27. The number of benzene rings is 3. The maximum absolute atomic E-state index is 12.8. The standard InChI is InChI=1S/C25H16Br2ClNO6/c1-32-17-6-3-13(4-7-17)24(30)34-22-14(9-15(26)11-19(22)27)10-20-25(31)35-23(29-20)18-12-16(28)5-8-21(18)33-2/h3-12H,1-2H3/b20-10-. The van der Waals surface area contributed by atoms with Crippen LogP contribution >= 0.6 is 43.5 Å². The molecular formula is C25H16Br2ClNO6. The number of cyclic esters (lactones) is 1. The number of aliphatic imine (C=N–C) groups is 1. The number of carbonyl (C=O) groups is 2. The summed E-state index contributed by atoms with van der Waals surface area (Å²) < 4.78 is 22.7. The third kappa shape index (κ3) is 5.58. The minimum Gasteiger partial charge on any atom is -0.497 e. The number of ether oxygens (including phenoxy) is 4. The Morgan fingerprint density at radius 3 is 2.46 bits per heavy atom. The van der Waals surface area contributed by atoms with E-state index < -0.39 is 11.9 Å². The van der Waals surface area contributed by atoms with E-state index in [1.165, 1.54) is 20.3 Å². The Kier molecular flexibility index (Phi) is 7.59. The van der Waals surface area contributed by atoms with E-state index in [2.05, 4.69) is 36.9 Å². The van der Waals surface area contributed by atoms with Crippen LogP contribution in [0.5, 0.6) is 17.2 Å². The van der Waals surface area contributed by atoms with Gasteiger partial charge >= 0.3 is 11.9 Å². The number of esters is 2. The summed E-state index contributed by atoms with van der Waals surface area (Å²) in [4.78, 5) is 29.7. The maximum Gasteiger partial charge on any atom is 0.363 e. The molecule has 7 nitrogen and oxygen atoms in total. The van der Waals surface area contributed by atoms with Gasteiger partial charge in [0.15, 0.2) is 11.4 Å². The minimum absolute atomic E-state index is 0.00813. The van der Waals surface area contributed by atoms with Crippen molar-refractivity contribution in [1.82, 2.24) is 0 Å². The van der Waals surface area contributed by atoms with Gasteiger partial charge in [0, 0.05) is 15.1 Å². The summed E-state index contributed by atoms with van der Waals surface area (Å²) in [6, 6.07) is 14.8. The van der Waals surface area contributed by atoms with E-state index in [4.69, 9.17) is 30.5 Å². The summed E-state index contributed by atoms with van der Waals surface area (Å²) in [6.07, 6.45) is 1.47. The molecule has 1 aliphatic heterocycles. The van der Waals surface area contributed by atoms with Gasteiger partial charge in [0.2, 0.25) is 5.90 Å². The van der Waals surface area contributed by atoms with E-state index >= 15 is 0 Å². The number of rotatable bonds is 6. The van der Waals surface area contributed by atoms with Gasteiger partial charge < -0.3 is 18.9 Å². The molecule has 10 heteroatoms. The third-order valence-corrected chi connectivity index (χ3v) is 6.14. The predicted molar refractivity (Wildman–Crippen MR) is 138 cm³/mol. The number of nitrogens with zero attached hydrogens (tertiary/aromatic N) is 1. The first-order valence-corrected chi connectivity index (χ1v) is 12.0. The molecule has 4 rings (SSSR count). The summed E-state index contributed by atoms with van der Waals surface area (Å²) in [6.45, 7) is 0. The van der Waals surface area contributed by atoms with Gasteiger partial charge in [0.25, 0.3) is 0 Å². The van der Waals surface area contributed by atoms with E-state index in [-0.39, 0.29) is 17.3 Å². The van der Waals surface area contributed by atoms with E-state index in [9.17, 15) is 9.59 Å². The molecule has 3 aromatic carbocycles. The normalized spacial score (nSPS) is 13.9. The molecule has 0 saturated carbocycles. The molecule has 0 aromatic heterocycles. The molecule has 1 aliphatic rings. The first-order valence-electron chi connectivity index (χ1n) is 10.0. The number of halogens is 3. The molecule has 0 fully saturated rings. The monoisotopic (exact) mass is 619 g/mol. The lowest BCUT2D eigenvalue weighted by atomic mass is 10.1. The average molecular weight is 622 g/mol. The molecular weight excluding hydrogens is 606 g/mol. The van der Waals surface area contributed by atoms with E-state index in [1.807, 2.05) is 0 Å². The van der Waals surface area contributed by atoms with Gasteiger partial charge in [0.05, 0.1) is 29.8 Å². The van der Waals surface area contributed by atoms with Crippen LogP contribution < -0.4 is 14.2 Å². The van der Waals surface area contributed by atoms with Gasteiger partial charge in [-0.05, 0) is 76.6 Å². The Morgan fingerprint density at radius 2 is 1.77 bits per heavy atom. The summed E-state index contributed by atoms with van der Waals surface area (Å²) in [5.74, 6) is 0.0514. The highest BCUT2D eigenvalue weighted by atomic mass is 79.9. The molecule has 0 saturated heterocycles. The van der Waals surface area contributed by atoms with Crippen LogP contribution in [0.2, 0.25) is 5.02 Å². The van der Waals surface area contributed by atoms with E-state index in [0.29, 0.717) is 42.2 Å². The molecule has 35 heavy (non-hydrogen) atoms. The molecule has 0 spiro atoms. The van der Waals surface area contributed by atoms with Crippen molar-refractivity contribution in [2.45, 2.75) is 0 Å². The largest absolute Gasteiger partial charge is 0.497 e. The summed E-state index contributed by atoms with van der Waals surface area (Å²) in [5, 5.41) is 0.431.